The standard InChI is InChI=1S/C17H22N4O2/c1-20-11-14(17(22)21(2)12-8-9-18-10-12)16(19-20)13-6-4-5-7-15(13)23-3/h4-7,11-12,18H,8-10H2,1-3H3/t12-/m1/s1. The minimum atomic E-state index is -0.00675. The highest BCUT2D eigenvalue weighted by molar-refractivity contribution is 6.00. The van der Waals surface area contributed by atoms with Crippen molar-refractivity contribution in [2.45, 2.75) is 12.5 Å². The molecule has 1 N–H and O–H groups in total. The van der Waals surface area contributed by atoms with E-state index < -0.39 is 0 Å². The molecule has 1 atom stereocenters. The Hall–Kier alpha value is -2.34. The number of hydrogen-bond donors (Lipinski definition) is 1. The molecule has 1 amide bonds. The zero-order valence-electron chi connectivity index (χ0n) is 13.7. The van der Waals surface area contributed by atoms with Gasteiger partial charge in [0.2, 0.25) is 0 Å². The Morgan fingerprint density at radius 1 is 1.43 bits per heavy atom. The molecule has 0 spiro atoms. The van der Waals surface area contributed by atoms with Crippen molar-refractivity contribution < 1.29 is 9.53 Å². The number of benzene rings is 1. The molecular formula is C17H22N4O2. The molecule has 0 bridgehead atoms. The number of aryl methyl sites for hydroxylation is 1. The van der Waals surface area contributed by atoms with Crippen LogP contribution in [0.2, 0.25) is 0 Å². The minimum Gasteiger partial charge on any atom is -0.496 e. The monoisotopic (exact) mass is 314 g/mol. The molecule has 1 aromatic heterocycles. The van der Waals surface area contributed by atoms with E-state index >= 15 is 0 Å². The van der Waals surface area contributed by atoms with Crippen molar-refractivity contribution in [2.75, 3.05) is 27.2 Å². The third-order valence-electron chi connectivity index (χ3n) is 4.32. The smallest absolute Gasteiger partial charge is 0.257 e. The lowest BCUT2D eigenvalue weighted by Crippen LogP contribution is -2.38. The first-order valence-corrected chi connectivity index (χ1v) is 7.76. The molecule has 1 saturated heterocycles. The predicted octanol–water partition coefficient (Wildman–Crippen LogP) is 1.53. The van der Waals surface area contributed by atoms with E-state index in [1.165, 1.54) is 0 Å². The highest BCUT2D eigenvalue weighted by Crippen LogP contribution is 2.31. The van der Waals surface area contributed by atoms with Crippen molar-refractivity contribution in [3.8, 4) is 17.0 Å². The zero-order valence-corrected chi connectivity index (χ0v) is 13.7. The van der Waals surface area contributed by atoms with Crippen LogP contribution in [0.3, 0.4) is 0 Å². The molecule has 3 rings (SSSR count). The van der Waals surface area contributed by atoms with Crippen molar-refractivity contribution in [2.24, 2.45) is 7.05 Å². The van der Waals surface area contributed by atoms with Crippen LogP contribution < -0.4 is 10.1 Å². The summed E-state index contributed by atoms with van der Waals surface area (Å²) in [6.45, 7) is 1.79. The topological polar surface area (TPSA) is 59.4 Å². The molecule has 6 nitrogen and oxygen atoms in total. The summed E-state index contributed by atoms with van der Waals surface area (Å²) in [4.78, 5) is 14.8. The van der Waals surface area contributed by atoms with E-state index in [1.54, 1.807) is 18.0 Å². The second kappa shape index (κ2) is 6.42. The largest absolute Gasteiger partial charge is 0.496 e. The maximum atomic E-state index is 12.9. The van der Waals surface area contributed by atoms with E-state index in [0.29, 0.717) is 17.0 Å². The van der Waals surface area contributed by atoms with Crippen LogP contribution in [-0.4, -0.2) is 53.9 Å². The van der Waals surface area contributed by atoms with Crippen LogP contribution in [0.1, 0.15) is 16.8 Å². The van der Waals surface area contributed by atoms with Crippen LogP contribution in [0.15, 0.2) is 30.5 Å². The molecule has 1 aromatic carbocycles. The summed E-state index contributed by atoms with van der Waals surface area (Å²) in [5.41, 5.74) is 2.09. The first-order valence-electron chi connectivity index (χ1n) is 7.76. The molecule has 122 valence electrons. The van der Waals surface area contributed by atoms with Crippen molar-refractivity contribution in [3.05, 3.63) is 36.0 Å². The molecule has 6 heteroatoms. The van der Waals surface area contributed by atoms with Crippen LogP contribution in [-0.2, 0) is 7.05 Å². The third kappa shape index (κ3) is 2.94. The lowest BCUT2D eigenvalue weighted by Gasteiger charge is -2.23. The van der Waals surface area contributed by atoms with Crippen molar-refractivity contribution in [1.29, 1.82) is 0 Å². The van der Waals surface area contributed by atoms with Gasteiger partial charge in [-0.15, -0.1) is 0 Å². The van der Waals surface area contributed by atoms with Gasteiger partial charge in [0, 0.05) is 38.4 Å². The highest BCUT2D eigenvalue weighted by atomic mass is 16.5. The first-order chi connectivity index (χ1) is 11.1. The van der Waals surface area contributed by atoms with Gasteiger partial charge in [0.1, 0.15) is 11.4 Å². The van der Waals surface area contributed by atoms with Crippen LogP contribution in [0.4, 0.5) is 0 Å². The molecule has 0 unspecified atom stereocenters. The molecule has 0 saturated carbocycles. The maximum Gasteiger partial charge on any atom is 0.257 e. The van der Waals surface area contributed by atoms with E-state index in [1.807, 2.05) is 43.3 Å². The molecule has 0 radical (unpaired) electrons. The summed E-state index contributed by atoms with van der Waals surface area (Å²) in [6.07, 6.45) is 2.76. The molecule has 1 aliphatic rings. The van der Waals surface area contributed by atoms with Gasteiger partial charge in [-0.25, -0.2) is 0 Å². The number of amides is 1. The summed E-state index contributed by atoms with van der Waals surface area (Å²) in [7, 11) is 5.31. The van der Waals surface area contributed by atoms with E-state index in [2.05, 4.69) is 10.4 Å². The van der Waals surface area contributed by atoms with Crippen LogP contribution in [0, 0.1) is 0 Å². The summed E-state index contributed by atoms with van der Waals surface area (Å²) >= 11 is 0. The van der Waals surface area contributed by atoms with Gasteiger partial charge in [0.15, 0.2) is 0 Å². The second-order valence-electron chi connectivity index (χ2n) is 5.83. The lowest BCUT2D eigenvalue weighted by molar-refractivity contribution is 0.0744. The summed E-state index contributed by atoms with van der Waals surface area (Å²) < 4.78 is 7.10. The summed E-state index contributed by atoms with van der Waals surface area (Å²) in [5, 5.41) is 7.79. The molecule has 0 aliphatic carbocycles. The molecular weight excluding hydrogens is 292 g/mol. The number of carbonyl (C=O) groups is 1. The SMILES string of the molecule is COc1ccccc1-c1nn(C)cc1C(=O)N(C)[C@@H]1CCNC1. The Morgan fingerprint density at radius 3 is 2.91 bits per heavy atom. The first kappa shape index (κ1) is 15.6. The summed E-state index contributed by atoms with van der Waals surface area (Å²) in [6, 6.07) is 7.86. The van der Waals surface area contributed by atoms with Crippen molar-refractivity contribution >= 4 is 5.91 Å². The Morgan fingerprint density at radius 2 is 2.22 bits per heavy atom. The Labute approximate surface area is 136 Å². The fraction of sp³-hybridized carbons (Fsp3) is 0.412. The molecule has 1 fully saturated rings. The number of para-hydroxylation sites is 1. The van der Waals surface area contributed by atoms with E-state index in [0.717, 1.165) is 25.1 Å². The fourth-order valence-electron chi connectivity index (χ4n) is 3.01. The number of methoxy groups -OCH3 is 1. The maximum absolute atomic E-state index is 12.9. The van der Waals surface area contributed by atoms with Gasteiger partial charge < -0.3 is 15.0 Å². The quantitative estimate of drug-likeness (QED) is 0.930. The van der Waals surface area contributed by atoms with Gasteiger partial charge in [-0.3, -0.25) is 9.48 Å². The average molecular weight is 314 g/mol. The van der Waals surface area contributed by atoms with Gasteiger partial charge in [-0.1, -0.05) is 12.1 Å². The summed E-state index contributed by atoms with van der Waals surface area (Å²) in [5.74, 6) is 0.707. The van der Waals surface area contributed by atoms with Crippen LogP contribution >= 0.6 is 0 Å². The number of rotatable bonds is 4. The molecule has 2 heterocycles. The number of carbonyl (C=O) groups excluding carboxylic acids is 1. The van der Waals surface area contributed by atoms with E-state index in [4.69, 9.17) is 4.74 Å². The lowest BCUT2D eigenvalue weighted by atomic mass is 10.1. The zero-order chi connectivity index (χ0) is 16.4. The Bertz CT molecular complexity index is 704. The molecule has 23 heavy (non-hydrogen) atoms. The number of nitrogens with zero attached hydrogens (tertiary/aromatic N) is 3. The second-order valence-corrected chi connectivity index (χ2v) is 5.83. The molecule has 1 aliphatic heterocycles. The van der Waals surface area contributed by atoms with Crippen molar-refractivity contribution in [1.82, 2.24) is 20.0 Å². The van der Waals surface area contributed by atoms with Crippen LogP contribution in [0.5, 0.6) is 5.75 Å². The third-order valence-corrected chi connectivity index (χ3v) is 4.32. The van der Waals surface area contributed by atoms with Crippen LogP contribution in [0.25, 0.3) is 11.3 Å². The van der Waals surface area contributed by atoms with E-state index in [9.17, 15) is 4.79 Å². The molecule has 2 aromatic rings. The van der Waals surface area contributed by atoms with Gasteiger partial charge in [0.25, 0.3) is 5.91 Å². The number of aromatic nitrogens is 2. The number of nitrogens with one attached hydrogen (secondary N) is 1. The highest BCUT2D eigenvalue weighted by Gasteiger charge is 2.28. The van der Waals surface area contributed by atoms with Gasteiger partial charge >= 0.3 is 0 Å². The number of hydrogen-bond acceptors (Lipinski definition) is 4. The van der Waals surface area contributed by atoms with Gasteiger partial charge in [-0.05, 0) is 25.1 Å². The normalized spacial score (nSPS) is 17.3. The number of likely N-dealkylation sites (N-methyl/N-ethyl adjacent to an activating group) is 1. The minimum absolute atomic E-state index is 0.00675. The predicted molar refractivity (Wildman–Crippen MR) is 88.6 cm³/mol. The number of ether oxygens (including phenoxy) is 1. The Kier molecular flexibility index (Phi) is 4.34. The Balaban J connectivity index is 1.99. The fourth-order valence-corrected chi connectivity index (χ4v) is 3.01. The van der Waals surface area contributed by atoms with Crippen molar-refractivity contribution in [3.63, 3.8) is 0 Å². The van der Waals surface area contributed by atoms with Gasteiger partial charge in [0.05, 0.1) is 12.7 Å². The average Bonchev–Trinajstić information content (AvgIpc) is 3.23. The van der Waals surface area contributed by atoms with E-state index in [-0.39, 0.29) is 11.9 Å². The van der Waals surface area contributed by atoms with Gasteiger partial charge in [-0.2, -0.15) is 5.10 Å².